The molecule has 1 amide bonds. The van der Waals surface area contributed by atoms with Gasteiger partial charge in [-0.25, -0.2) is 4.98 Å². The quantitative estimate of drug-likeness (QED) is 0.284. The number of para-hydroxylation sites is 1. The van der Waals surface area contributed by atoms with Crippen LogP contribution in [0.1, 0.15) is 29.9 Å². The monoisotopic (exact) mass is 488 g/mol. The first kappa shape index (κ1) is 22.7. The molecule has 5 aromatic rings. The summed E-state index contributed by atoms with van der Waals surface area (Å²) in [7, 11) is 0. The summed E-state index contributed by atoms with van der Waals surface area (Å²) in [5.41, 5.74) is 2.72. The number of thiazole rings is 1. The topological polar surface area (TPSA) is 91.4 Å². The summed E-state index contributed by atoms with van der Waals surface area (Å²) in [6, 6.07) is 16.7. The van der Waals surface area contributed by atoms with Crippen molar-refractivity contribution in [1.82, 2.24) is 14.8 Å². The Morgan fingerprint density at radius 3 is 2.66 bits per heavy atom. The van der Waals surface area contributed by atoms with E-state index in [9.17, 15) is 4.79 Å². The lowest BCUT2D eigenvalue weighted by molar-refractivity contribution is 0.102. The lowest BCUT2D eigenvalue weighted by atomic mass is 10.2. The van der Waals surface area contributed by atoms with Gasteiger partial charge in [-0.15, -0.1) is 11.3 Å². The second kappa shape index (κ2) is 9.63. The van der Waals surface area contributed by atoms with E-state index in [0.717, 1.165) is 16.7 Å². The molecule has 3 aromatic heterocycles. The molecule has 0 saturated carbocycles. The molecule has 35 heavy (non-hydrogen) atoms. The van der Waals surface area contributed by atoms with Crippen molar-refractivity contribution in [2.24, 2.45) is 0 Å². The number of anilines is 1. The van der Waals surface area contributed by atoms with Crippen molar-refractivity contribution in [2.45, 2.75) is 20.8 Å². The predicted octanol–water partition coefficient (Wildman–Crippen LogP) is 6.10. The molecule has 0 aliphatic heterocycles. The number of amides is 1. The van der Waals surface area contributed by atoms with Crippen molar-refractivity contribution in [3.8, 4) is 28.1 Å². The maximum atomic E-state index is 13.1. The molecule has 0 unspecified atom stereocenters. The van der Waals surface area contributed by atoms with E-state index in [0.29, 0.717) is 52.7 Å². The molecular formula is C26H24N4O4S. The fraction of sp³-hybridized carbons (Fsp3) is 0.192. The zero-order chi connectivity index (χ0) is 24.4. The van der Waals surface area contributed by atoms with Crippen molar-refractivity contribution in [3.05, 3.63) is 71.2 Å². The minimum Gasteiger partial charge on any atom is -0.490 e. The van der Waals surface area contributed by atoms with E-state index in [1.807, 2.05) is 56.5 Å². The second-order valence-electron chi connectivity index (χ2n) is 7.73. The number of nitrogens with one attached hydrogen (secondary N) is 1. The maximum absolute atomic E-state index is 13.1. The van der Waals surface area contributed by atoms with Crippen LogP contribution in [0.2, 0.25) is 0 Å². The van der Waals surface area contributed by atoms with Crippen molar-refractivity contribution in [3.63, 3.8) is 0 Å². The van der Waals surface area contributed by atoms with E-state index in [1.165, 1.54) is 11.3 Å². The van der Waals surface area contributed by atoms with Gasteiger partial charge in [-0.2, -0.15) is 9.78 Å². The third-order valence-electron chi connectivity index (χ3n) is 5.23. The highest BCUT2D eigenvalue weighted by molar-refractivity contribution is 7.12. The molecule has 178 valence electrons. The summed E-state index contributed by atoms with van der Waals surface area (Å²) in [4.78, 5) is 17.8. The molecule has 0 aliphatic rings. The number of hydrogen-bond donors (Lipinski definition) is 1. The summed E-state index contributed by atoms with van der Waals surface area (Å²) >= 11 is 1.42. The van der Waals surface area contributed by atoms with Gasteiger partial charge in [0.1, 0.15) is 17.1 Å². The van der Waals surface area contributed by atoms with Gasteiger partial charge < -0.3 is 19.2 Å². The Morgan fingerprint density at radius 2 is 1.86 bits per heavy atom. The van der Waals surface area contributed by atoms with E-state index in [-0.39, 0.29) is 5.91 Å². The number of hydrogen-bond acceptors (Lipinski definition) is 7. The van der Waals surface area contributed by atoms with Crippen LogP contribution in [0.15, 0.2) is 64.4 Å². The molecule has 1 N–H and O–H groups in total. The molecule has 0 fully saturated rings. The molecule has 0 aliphatic carbocycles. The molecule has 2 aromatic carbocycles. The number of carbonyl (C=O) groups is 1. The van der Waals surface area contributed by atoms with Gasteiger partial charge in [0.15, 0.2) is 17.3 Å². The van der Waals surface area contributed by atoms with Crippen LogP contribution < -0.4 is 14.8 Å². The Kier molecular flexibility index (Phi) is 6.24. The minimum absolute atomic E-state index is 0.288. The van der Waals surface area contributed by atoms with Crippen LogP contribution in [0.3, 0.4) is 0 Å². The Bertz CT molecular complexity index is 1470. The third kappa shape index (κ3) is 4.63. The second-order valence-corrected chi connectivity index (χ2v) is 8.56. The zero-order valence-corrected chi connectivity index (χ0v) is 20.4. The van der Waals surface area contributed by atoms with Gasteiger partial charge in [-0.1, -0.05) is 18.2 Å². The van der Waals surface area contributed by atoms with Crippen LogP contribution in [0.5, 0.6) is 11.5 Å². The highest BCUT2D eigenvalue weighted by Gasteiger charge is 2.18. The largest absolute Gasteiger partial charge is 0.490 e. The van der Waals surface area contributed by atoms with Gasteiger partial charge in [0.2, 0.25) is 5.13 Å². The molecule has 0 radical (unpaired) electrons. The molecule has 5 rings (SSSR count). The number of carbonyl (C=O) groups excluding carboxylic acids is 1. The lowest BCUT2D eigenvalue weighted by Crippen LogP contribution is -2.15. The molecule has 3 heterocycles. The minimum atomic E-state index is -0.288. The number of benzene rings is 2. The van der Waals surface area contributed by atoms with Crippen LogP contribution in [0.4, 0.5) is 5.82 Å². The average Bonchev–Trinajstić information content (AvgIpc) is 3.58. The maximum Gasteiger partial charge on any atom is 0.256 e. The molecule has 0 spiro atoms. The van der Waals surface area contributed by atoms with Gasteiger partial charge in [0, 0.05) is 22.4 Å². The molecule has 0 bridgehead atoms. The van der Waals surface area contributed by atoms with Crippen molar-refractivity contribution >= 4 is 34.0 Å². The Hall–Kier alpha value is -4.11. The number of nitrogens with zero attached hydrogens (tertiary/aromatic N) is 3. The number of furan rings is 1. The molecule has 8 nitrogen and oxygen atoms in total. The van der Waals surface area contributed by atoms with Crippen molar-refractivity contribution in [2.75, 3.05) is 18.5 Å². The van der Waals surface area contributed by atoms with Gasteiger partial charge in [0.05, 0.1) is 18.9 Å². The fourth-order valence-electron chi connectivity index (χ4n) is 3.70. The first-order valence-corrected chi connectivity index (χ1v) is 12.2. The van der Waals surface area contributed by atoms with Gasteiger partial charge in [-0.3, -0.25) is 4.79 Å². The standard InChI is InChI=1S/C26H24N4O4S/c1-4-32-21-11-10-18(14-23(21)33-5-2)25(31)28-24-12-16(3)29-30(24)26-27-19(15-35-26)22-13-17-8-6-7-9-20(17)34-22/h6-15H,4-5H2,1-3H3,(H,28,31). The Balaban J connectivity index is 1.41. The van der Waals surface area contributed by atoms with E-state index in [1.54, 1.807) is 28.9 Å². The summed E-state index contributed by atoms with van der Waals surface area (Å²) < 4.78 is 18.8. The molecule has 0 saturated heterocycles. The summed E-state index contributed by atoms with van der Waals surface area (Å²) in [5, 5.41) is 11.0. The number of fused-ring (bicyclic) bond motifs is 1. The lowest BCUT2D eigenvalue weighted by Gasteiger charge is -2.12. The summed E-state index contributed by atoms with van der Waals surface area (Å²) in [6.45, 7) is 6.63. The van der Waals surface area contributed by atoms with E-state index in [2.05, 4.69) is 10.4 Å². The number of rotatable bonds is 8. The van der Waals surface area contributed by atoms with Crippen molar-refractivity contribution in [1.29, 1.82) is 0 Å². The van der Waals surface area contributed by atoms with Crippen LogP contribution >= 0.6 is 11.3 Å². The summed E-state index contributed by atoms with van der Waals surface area (Å²) in [6.07, 6.45) is 0. The SMILES string of the molecule is CCOc1ccc(C(=O)Nc2cc(C)nn2-c2nc(-c3cc4ccccc4o3)cs2)cc1OCC. The third-order valence-corrected chi connectivity index (χ3v) is 6.05. The zero-order valence-electron chi connectivity index (χ0n) is 19.6. The van der Waals surface area contributed by atoms with Crippen LogP contribution in [0.25, 0.3) is 27.6 Å². The van der Waals surface area contributed by atoms with Gasteiger partial charge in [-0.05, 0) is 51.1 Å². The van der Waals surface area contributed by atoms with Gasteiger partial charge >= 0.3 is 0 Å². The van der Waals surface area contributed by atoms with Crippen LogP contribution in [0, 0.1) is 6.92 Å². The Morgan fingerprint density at radius 1 is 1.06 bits per heavy atom. The first-order chi connectivity index (χ1) is 17.1. The normalized spacial score (nSPS) is 11.1. The summed E-state index contributed by atoms with van der Waals surface area (Å²) in [5.74, 6) is 2.05. The average molecular weight is 489 g/mol. The fourth-order valence-corrected chi connectivity index (χ4v) is 4.47. The number of aromatic nitrogens is 3. The first-order valence-electron chi connectivity index (χ1n) is 11.3. The van der Waals surface area contributed by atoms with E-state index < -0.39 is 0 Å². The predicted molar refractivity (Wildman–Crippen MR) is 136 cm³/mol. The Labute approximate surface area is 206 Å². The molecular weight excluding hydrogens is 464 g/mol. The highest BCUT2D eigenvalue weighted by atomic mass is 32.1. The molecule has 0 atom stereocenters. The number of ether oxygens (including phenoxy) is 2. The smallest absolute Gasteiger partial charge is 0.256 e. The van der Waals surface area contributed by atoms with E-state index >= 15 is 0 Å². The van der Waals surface area contributed by atoms with Crippen LogP contribution in [-0.2, 0) is 0 Å². The van der Waals surface area contributed by atoms with Crippen molar-refractivity contribution < 1.29 is 18.7 Å². The number of aryl methyl sites for hydroxylation is 1. The van der Waals surface area contributed by atoms with Crippen LogP contribution in [-0.4, -0.2) is 33.9 Å². The van der Waals surface area contributed by atoms with Gasteiger partial charge in [0.25, 0.3) is 5.91 Å². The van der Waals surface area contributed by atoms with E-state index in [4.69, 9.17) is 18.9 Å². The highest BCUT2D eigenvalue weighted by Crippen LogP contribution is 2.32. The molecule has 9 heteroatoms.